The number of H-pyrrole nitrogens is 1. The number of nitrogens with zero attached hydrogens (tertiary/aromatic N) is 2. The van der Waals surface area contributed by atoms with Crippen LogP contribution in [0.1, 0.15) is 5.82 Å². The molecule has 0 aliphatic heterocycles. The monoisotopic (exact) mass is 357 g/mol. The van der Waals surface area contributed by atoms with Crippen molar-refractivity contribution in [2.45, 2.75) is 12.6 Å². The van der Waals surface area contributed by atoms with E-state index in [0.717, 1.165) is 0 Å². The molecule has 0 saturated carbocycles. The van der Waals surface area contributed by atoms with Gasteiger partial charge in [0.05, 0.1) is 17.4 Å². The fraction of sp³-hybridized carbons (Fsp3) is 0.263. The number of hydrogen-bond donors (Lipinski definition) is 2. The average molecular weight is 357 g/mol. The minimum atomic E-state index is -0.739. The van der Waals surface area contributed by atoms with Gasteiger partial charge in [-0.1, -0.05) is 12.1 Å². The molecule has 0 radical (unpaired) electrons. The largest absolute Gasteiger partial charge is 0.491 e. The molecule has 2 aromatic carbocycles. The van der Waals surface area contributed by atoms with Crippen LogP contribution in [0.4, 0.5) is 4.39 Å². The number of benzene rings is 2. The zero-order chi connectivity index (χ0) is 18.5. The molecule has 0 bridgehead atoms. The lowest BCUT2D eigenvalue weighted by Crippen LogP contribution is -2.33. The van der Waals surface area contributed by atoms with E-state index in [1.807, 2.05) is 18.0 Å². The van der Waals surface area contributed by atoms with Crippen LogP contribution in [0.3, 0.4) is 0 Å². The molecule has 1 aromatic heterocycles. The van der Waals surface area contributed by atoms with E-state index in [9.17, 15) is 14.3 Å². The number of nitrogens with one attached hydrogen (secondary N) is 1. The summed E-state index contributed by atoms with van der Waals surface area (Å²) in [5.41, 5.74) is 0.457. The van der Waals surface area contributed by atoms with Gasteiger partial charge in [0.25, 0.3) is 5.56 Å². The highest BCUT2D eigenvalue weighted by Crippen LogP contribution is 2.11. The second-order valence-corrected chi connectivity index (χ2v) is 6.15. The number of ether oxygens (including phenoxy) is 1. The van der Waals surface area contributed by atoms with Gasteiger partial charge in [-0.3, -0.25) is 9.69 Å². The highest BCUT2D eigenvalue weighted by molar-refractivity contribution is 5.77. The van der Waals surface area contributed by atoms with Gasteiger partial charge < -0.3 is 14.8 Å². The number of aromatic amines is 1. The molecule has 6 nitrogen and oxygen atoms in total. The minimum Gasteiger partial charge on any atom is -0.491 e. The van der Waals surface area contributed by atoms with Crippen molar-refractivity contribution in [1.29, 1.82) is 0 Å². The van der Waals surface area contributed by atoms with Crippen LogP contribution in [0.2, 0.25) is 0 Å². The van der Waals surface area contributed by atoms with Gasteiger partial charge in [0, 0.05) is 6.54 Å². The number of aliphatic hydroxyl groups excluding tert-OH is 1. The van der Waals surface area contributed by atoms with Crippen LogP contribution < -0.4 is 10.3 Å². The van der Waals surface area contributed by atoms with E-state index >= 15 is 0 Å². The predicted octanol–water partition coefficient (Wildman–Crippen LogP) is 1.93. The van der Waals surface area contributed by atoms with Crippen molar-refractivity contribution in [3.05, 3.63) is 70.5 Å². The molecule has 0 spiro atoms. The molecule has 7 heteroatoms. The van der Waals surface area contributed by atoms with E-state index in [-0.39, 0.29) is 18.0 Å². The van der Waals surface area contributed by atoms with Gasteiger partial charge >= 0.3 is 0 Å². The van der Waals surface area contributed by atoms with E-state index in [1.54, 1.807) is 18.2 Å². The van der Waals surface area contributed by atoms with Crippen molar-refractivity contribution < 1.29 is 14.2 Å². The first kappa shape index (κ1) is 18.0. The molecule has 0 aliphatic rings. The van der Waals surface area contributed by atoms with Crippen molar-refractivity contribution in [3.8, 4) is 5.75 Å². The average Bonchev–Trinajstić information content (AvgIpc) is 2.61. The molecule has 3 aromatic rings. The molecule has 136 valence electrons. The first-order valence-electron chi connectivity index (χ1n) is 8.24. The van der Waals surface area contributed by atoms with E-state index in [2.05, 4.69) is 9.97 Å². The Morgan fingerprint density at radius 2 is 1.96 bits per heavy atom. The van der Waals surface area contributed by atoms with Crippen LogP contribution >= 0.6 is 0 Å². The Kier molecular flexibility index (Phi) is 5.60. The van der Waals surface area contributed by atoms with Gasteiger partial charge in [0.2, 0.25) is 0 Å². The van der Waals surface area contributed by atoms with Crippen LogP contribution in [0.15, 0.2) is 53.3 Å². The molecule has 2 N–H and O–H groups in total. The quantitative estimate of drug-likeness (QED) is 0.676. The van der Waals surface area contributed by atoms with Gasteiger partial charge in [0.1, 0.15) is 30.1 Å². The van der Waals surface area contributed by atoms with Gasteiger partial charge in [-0.2, -0.15) is 0 Å². The zero-order valence-corrected chi connectivity index (χ0v) is 14.4. The SMILES string of the molecule is CN(Cc1nc2ccccc2c(=O)[nH]1)C[C@@H](O)COc1ccc(F)cc1. The lowest BCUT2D eigenvalue weighted by atomic mass is 10.2. The number of aromatic nitrogens is 2. The van der Waals surface area contributed by atoms with Crippen LogP contribution in [-0.4, -0.2) is 46.3 Å². The number of aliphatic hydroxyl groups is 1. The molecule has 1 heterocycles. The van der Waals surface area contributed by atoms with Gasteiger partial charge in [-0.05, 0) is 43.4 Å². The van der Waals surface area contributed by atoms with Gasteiger partial charge in [0.15, 0.2) is 0 Å². The minimum absolute atomic E-state index is 0.0810. The summed E-state index contributed by atoms with van der Waals surface area (Å²) in [7, 11) is 1.82. The van der Waals surface area contributed by atoms with E-state index in [1.165, 1.54) is 24.3 Å². The number of para-hydroxylation sites is 1. The summed E-state index contributed by atoms with van der Waals surface area (Å²) in [5, 5.41) is 10.7. The fourth-order valence-electron chi connectivity index (χ4n) is 2.67. The molecular weight excluding hydrogens is 337 g/mol. The molecule has 0 aliphatic carbocycles. The third kappa shape index (κ3) is 4.65. The van der Waals surface area contributed by atoms with Crippen LogP contribution in [0.25, 0.3) is 10.9 Å². The van der Waals surface area contributed by atoms with Crippen molar-refractivity contribution in [3.63, 3.8) is 0 Å². The van der Waals surface area contributed by atoms with Crippen molar-refractivity contribution in [2.75, 3.05) is 20.2 Å². The molecule has 0 unspecified atom stereocenters. The first-order chi connectivity index (χ1) is 12.5. The lowest BCUT2D eigenvalue weighted by molar-refractivity contribution is 0.0737. The number of fused-ring (bicyclic) bond motifs is 1. The summed E-state index contributed by atoms with van der Waals surface area (Å²) < 4.78 is 18.3. The zero-order valence-electron chi connectivity index (χ0n) is 14.4. The maximum Gasteiger partial charge on any atom is 0.258 e. The molecule has 0 saturated heterocycles. The topological polar surface area (TPSA) is 78.5 Å². The maximum absolute atomic E-state index is 12.8. The Labute approximate surface area is 149 Å². The number of halogens is 1. The maximum atomic E-state index is 12.8. The Morgan fingerprint density at radius 3 is 2.73 bits per heavy atom. The van der Waals surface area contributed by atoms with E-state index in [0.29, 0.717) is 35.6 Å². The summed E-state index contributed by atoms with van der Waals surface area (Å²) in [6.45, 7) is 0.795. The highest BCUT2D eigenvalue weighted by atomic mass is 19.1. The second-order valence-electron chi connectivity index (χ2n) is 6.15. The molecule has 0 fully saturated rings. The molecular formula is C19H20FN3O3. The third-order valence-electron chi connectivity index (χ3n) is 3.86. The van der Waals surface area contributed by atoms with Crippen molar-refractivity contribution in [1.82, 2.24) is 14.9 Å². The Balaban J connectivity index is 1.55. The standard InChI is InChI=1S/C19H20FN3O3/c1-23(10-14(24)12-26-15-8-6-13(20)7-9-15)11-18-21-17-5-3-2-4-16(17)19(25)22-18/h2-9,14,24H,10-12H2,1H3,(H,21,22,25)/t14-/m1/s1. The molecule has 0 amide bonds. The summed E-state index contributed by atoms with van der Waals surface area (Å²) >= 11 is 0. The Bertz CT molecular complexity index is 927. The smallest absolute Gasteiger partial charge is 0.258 e. The highest BCUT2D eigenvalue weighted by Gasteiger charge is 2.12. The number of rotatable bonds is 7. The van der Waals surface area contributed by atoms with E-state index in [4.69, 9.17) is 4.74 Å². The number of likely N-dealkylation sites (N-methyl/N-ethyl adjacent to an activating group) is 1. The normalized spacial score (nSPS) is 12.5. The van der Waals surface area contributed by atoms with Crippen LogP contribution in [-0.2, 0) is 6.54 Å². The predicted molar refractivity (Wildman–Crippen MR) is 96.6 cm³/mol. The number of hydrogen-bond acceptors (Lipinski definition) is 5. The molecule has 26 heavy (non-hydrogen) atoms. The summed E-state index contributed by atoms with van der Waals surface area (Å²) in [4.78, 5) is 21.1. The summed E-state index contributed by atoms with van der Waals surface area (Å²) in [6, 6.07) is 12.8. The Hall–Kier alpha value is -2.77. The van der Waals surface area contributed by atoms with Gasteiger partial charge in [-0.15, -0.1) is 0 Å². The summed E-state index contributed by atoms with van der Waals surface area (Å²) in [5.74, 6) is 0.686. The first-order valence-corrected chi connectivity index (χ1v) is 8.24. The van der Waals surface area contributed by atoms with Crippen LogP contribution in [0, 0.1) is 5.82 Å². The van der Waals surface area contributed by atoms with Crippen LogP contribution in [0.5, 0.6) is 5.75 Å². The third-order valence-corrected chi connectivity index (χ3v) is 3.86. The Morgan fingerprint density at radius 1 is 1.23 bits per heavy atom. The molecule has 3 rings (SSSR count). The van der Waals surface area contributed by atoms with Gasteiger partial charge in [-0.25, -0.2) is 9.37 Å². The van der Waals surface area contributed by atoms with Crippen molar-refractivity contribution in [2.24, 2.45) is 0 Å². The van der Waals surface area contributed by atoms with E-state index < -0.39 is 6.10 Å². The summed E-state index contributed by atoms with van der Waals surface area (Å²) in [6.07, 6.45) is -0.739. The fourth-order valence-corrected chi connectivity index (χ4v) is 2.67. The second kappa shape index (κ2) is 8.07. The lowest BCUT2D eigenvalue weighted by Gasteiger charge is -2.20. The van der Waals surface area contributed by atoms with Crippen molar-refractivity contribution >= 4 is 10.9 Å². The molecule has 1 atom stereocenters.